The quantitative estimate of drug-likeness (QED) is 0.589. The Labute approximate surface area is 128 Å². The number of hydrogen-bond donors (Lipinski definition) is 0. The molecule has 108 valence electrons. The van der Waals surface area contributed by atoms with Gasteiger partial charge in [-0.2, -0.15) is 0 Å². The molecule has 1 aromatic carbocycles. The SMILES string of the molecule is C1=C2C=C3CCCc4cc(cc(c4)CCC2)CC/C=C\1C3. The number of aryl methyl sites for hydroxylation is 3. The van der Waals surface area contributed by atoms with E-state index in [1.54, 1.807) is 33.4 Å². The van der Waals surface area contributed by atoms with Gasteiger partial charge in [0.15, 0.2) is 0 Å². The third-order valence-electron chi connectivity index (χ3n) is 5.04. The molecule has 0 fully saturated rings. The van der Waals surface area contributed by atoms with Crippen molar-refractivity contribution in [2.45, 2.75) is 57.8 Å². The Balaban J connectivity index is 1.80. The van der Waals surface area contributed by atoms with Crippen molar-refractivity contribution in [3.63, 3.8) is 0 Å². The van der Waals surface area contributed by atoms with Crippen molar-refractivity contribution in [2.75, 3.05) is 0 Å². The molecule has 6 bridgehead atoms. The largest absolute Gasteiger partial charge is 0.0807 e. The van der Waals surface area contributed by atoms with E-state index in [1.165, 1.54) is 57.8 Å². The lowest BCUT2D eigenvalue weighted by atomic mass is 9.86. The van der Waals surface area contributed by atoms with E-state index in [0.29, 0.717) is 0 Å². The first-order valence-corrected chi connectivity index (χ1v) is 8.56. The standard InChI is InChI=1S/C21H24/c1-4-16-10-18-6-2-7-19-11-17(5-1)13-21(15-19)9-3-8-20(12-16)14-18/h4,10-11,13-15H,1-3,5-9,12H2/b16-4+. The van der Waals surface area contributed by atoms with Crippen molar-refractivity contribution in [1.29, 1.82) is 0 Å². The topological polar surface area (TPSA) is 0 Å². The van der Waals surface area contributed by atoms with Gasteiger partial charge in [-0.1, -0.05) is 42.0 Å². The van der Waals surface area contributed by atoms with Gasteiger partial charge in [-0.25, -0.2) is 0 Å². The van der Waals surface area contributed by atoms with Gasteiger partial charge in [-0.05, 0) is 85.6 Å². The Morgan fingerprint density at radius 1 is 0.619 bits per heavy atom. The fourth-order valence-electron chi connectivity index (χ4n) is 4.06. The lowest BCUT2D eigenvalue weighted by molar-refractivity contribution is 0.759. The summed E-state index contributed by atoms with van der Waals surface area (Å²) in [5.74, 6) is 0. The molecule has 4 aliphatic carbocycles. The Hall–Kier alpha value is -1.56. The summed E-state index contributed by atoms with van der Waals surface area (Å²) in [4.78, 5) is 0. The summed E-state index contributed by atoms with van der Waals surface area (Å²) >= 11 is 0. The lowest BCUT2D eigenvalue weighted by Gasteiger charge is -2.20. The fraction of sp³-hybridized carbons (Fsp3) is 0.429. The molecular formula is C21H24. The molecule has 0 aromatic heterocycles. The van der Waals surface area contributed by atoms with Crippen LogP contribution in [0, 0.1) is 0 Å². The smallest absolute Gasteiger partial charge is 0.00669 e. The molecule has 1 aromatic rings. The van der Waals surface area contributed by atoms with Crippen molar-refractivity contribution in [3.8, 4) is 0 Å². The number of hydrogen-bond acceptors (Lipinski definition) is 0. The van der Waals surface area contributed by atoms with Gasteiger partial charge in [0.25, 0.3) is 0 Å². The molecule has 0 radical (unpaired) electrons. The summed E-state index contributed by atoms with van der Waals surface area (Å²) < 4.78 is 0. The lowest BCUT2D eigenvalue weighted by Crippen LogP contribution is -2.02. The van der Waals surface area contributed by atoms with E-state index in [4.69, 9.17) is 0 Å². The van der Waals surface area contributed by atoms with Crippen LogP contribution in [0.1, 0.15) is 55.2 Å². The van der Waals surface area contributed by atoms with Crippen LogP contribution < -0.4 is 0 Å². The highest BCUT2D eigenvalue weighted by molar-refractivity contribution is 5.41. The molecule has 5 rings (SSSR count). The fourth-order valence-corrected chi connectivity index (χ4v) is 4.06. The summed E-state index contributed by atoms with van der Waals surface area (Å²) in [5.41, 5.74) is 9.49. The summed E-state index contributed by atoms with van der Waals surface area (Å²) in [7, 11) is 0. The molecule has 0 spiro atoms. The first-order chi connectivity index (χ1) is 10.3. The van der Waals surface area contributed by atoms with E-state index >= 15 is 0 Å². The Morgan fingerprint density at radius 2 is 1.33 bits per heavy atom. The van der Waals surface area contributed by atoms with Crippen LogP contribution in [-0.2, 0) is 19.3 Å². The molecule has 0 heteroatoms. The third kappa shape index (κ3) is 3.05. The van der Waals surface area contributed by atoms with Gasteiger partial charge in [0.1, 0.15) is 0 Å². The molecule has 0 atom stereocenters. The second-order valence-corrected chi connectivity index (χ2v) is 6.88. The predicted octanol–water partition coefficient (Wildman–Crippen LogP) is 5.47. The number of benzene rings is 1. The molecule has 0 heterocycles. The maximum atomic E-state index is 2.50. The predicted molar refractivity (Wildman–Crippen MR) is 89.5 cm³/mol. The summed E-state index contributed by atoms with van der Waals surface area (Å²) in [5, 5.41) is 0. The van der Waals surface area contributed by atoms with Crippen LogP contribution in [0.15, 0.2) is 53.1 Å². The van der Waals surface area contributed by atoms with Gasteiger partial charge < -0.3 is 0 Å². The molecular weight excluding hydrogens is 252 g/mol. The number of rotatable bonds is 0. The third-order valence-corrected chi connectivity index (χ3v) is 5.04. The first-order valence-electron chi connectivity index (χ1n) is 8.56. The molecule has 0 saturated carbocycles. The van der Waals surface area contributed by atoms with E-state index < -0.39 is 0 Å². The summed E-state index contributed by atoms with van der Waals surface area (Å²) in [6.07, 6.45) is 18.6. The second-order valence-electron chi connectivity index (χ2n) is 6.88. The minimum atomic E-state index is 1.19. The van der Waals surface area contributed by atoms with E-state index in [-0.39, 0.29) is 0 Å². The van der Waals surface area contributed by atoms with Crippen molar-refractivity contribution in [3.05, 3.63) is 69.8 Å². The zero-order chi connectivity index (χ0) is 14.1. The highest BCUT2D eigenvalue weighted by Gasteiger charge is 2.12. The maximum Gasteiger partial charge on any atom is -0.00669 e. The van der Waals surface area contributed by atoms with Gasteiger partial charge in [0.05, 0.1) is 0 Å². The Kier molecular flexibility index (Phi) is 3.55. The summed E-state index contributed by atoms with van der Waals surface area (Å²) in [6, 6.07) is 7.39. The van der Waals surface area contributed by atoms with Gasteiger partial charge in [-0.3, -0.25) is 0 Å². The van der Waals surface area contributed by atoms with Gasteiger partial charge >= 0.3 is 0 Å². The highest BCUT2D eigenvalue weighted by atomic mass is 14.2. The van der Waals surface area contributed by atoms with Crippen molar-refractivity contribution >= 4 is 0 Å². The number of fused-ring (bicyclic) bond motifs is 6. The molecule has 0 saturated heterocycles. The van der Waals surface area contributed by atoms with Gasteiger partial charge in [0, 0.05) is 0 Å². The van der Waals surface area contributed by atoms with Crippen molar-refractivity contribution < 1.29 is 0 Å². The Morgan fingerprint density at radius 3 is 2.14 bits per heavy atom. The monoisotopic (exact) mass is 276 g/mol. The van der Waals surface area contributed by atoms with Crippen LogP contribution in [-0.4, -0.2) is 0 Å². The molecule has 0 aliphatic heterocycles. The molecule has 0 N–H and O–H groups in total. The minimum Gasteiger partial charge on any atom is -0.0807 e. The average Bonchev–Trinajstić information content (AvgIpc) is 2.45. The van der Waals surface area contributed by atoms with E-state index in [2.05, 4.69) is 36.4 Å². The second kappa shape index (κ2) is 5.67. The van der Waals surface area contributed by atoms with Crippen LogP contribution in [0.3, 0.4) is 0 Å². The van der Waals surface area contributed by atoms with E-state index in [9.17, 15) is 0 Å². The molecule has 4 aliphatic rings. The zero-order valence-corrected chi connectivity index (χ0v) is 12.8. The molecule has 0 unspecified atom stereocenters. The summed E-state index contributed by atoms with van der Waals surface area (Å²) in [6.45, 7) is 0. The minimum absolute atomic E-state index is 1.19. The van der Waals surface area contributed by atoms with Crippen LogP contribution in [0.5, 0.6) is 0 Å². The first kappa shape index (κ1) is 13.1. The van der Waals surface area contributed by atoms with Gasteiger partial charge in [0.2, 0.25) is 0 Å². The van der Waals surface area contributed by atoms with Crippen molar-refractivity contribution in [2.24, 2.45) is 0 Å². The number of allylic oxidation sites excluding steroid dienone is 6. The van der Waals surface area contributed by atoms with Gasteiger partial charge in [-0.15, -0.1) is 0 Å². The normalized spacial score (nSPS) is 23.9. The maximum absolute atomic E-state index is 2.50. The van der Waals surface area contributed by atoms with Crippen molar-refractivity contribution in [1.82, 2.24) is 0 Å². The molecule has 21 heavy (non-hydrogen) atoms. The van der Waals surface area contributed by atoms with Crippen LogP contribution in [0.4, 0.5) is 0 Å². The van der Waals surface area contributed by atoms with E-state index in [0.717, 1.165) is 0 Å². The van der Waals surface area contributed by atoms with Crippen LogP contribution in [0.2, 0.25) is 0 Å². The zero-order valence-electron chi connectivity index (χ0n) is 12.8. The van der Waals surface area contributed by atoms with Crippen LogP contribution in [0.25, 0.3) is 0 Å². The molecule has 0 nitrogen and oxygen atoms in total. The van der Waals surface area contributed by atoms with E-state index in [1.807, 2.05) is 0 Å². The molecule has 0 amide bonds. The van der Waals surface area contributed by atoms with Crippen LogP contribution >= 0.6 is 0 Å². The highest BCUT2D eigenvalue weighted by Crippen LogP contribution is 2.30. The Bertz CT molecular complexity index is 639. The average molecular weight is 276 g/mol.